The molecular weight excluding hydrogens is 200 g/mol. The molecule has 1 saturated heterocycles. The van der Waals surface area contributed by atoms with E-state index < -0.39 is 0 Å². The van der Waals surface area contributed by atoms with Crippen molar-refractivity contribution in [3.8, 4) is 0 Å². The highest BCUT2D eigenvalue weighted by Gasteiger charge is 2.33. The van der Waals surface area contributed by atoms with Crippen molar-refractivity contribution in [2.24, 2.45) is 17.1 Å². The van der Waals surface area contributed by atoms with Crippen LogP contribution in [0.5, 0.6) is 0 Å². The average Bonchev–Trinajstić information content (AvgIpc) is 2.46. The van der Waals surface area contributed by atoms with E-state index >= 15 is 0 Å². The fourth-order valence-electron chi connectivity index (χ4n) is 2.00. The van der Waals surface area contributed by atoms with Gasteiger partial charge in [0, 0.05) is 25.0 Å². The molecule has 3 unspecified atom stereocenters. The lowest BCUT2D eigenvalue weighted by molar-refractivity contribution is -0.133. The van der Waals surface area contributed by atoms with Crippen LogP contribution in [0, 0.1) is 11.3 Å². The monoisotopic (exact) mass is 226 g/mol. The van der Waals surface area contributed by atoms with E-state index in [0.717, 1.165) is 13.0 Å². The summed E-state index contributed by atoms with van der Waals surface area (Å²) in [5.74, 6) is 0.673. The fraction of sp³-hybridized carbons (Fsp3) is 0.923. The molecular formula is C13H26N2O. The zero-order valence-electron chi connectivity index (χ0n) is 11.3. The Bertz CT molecular complexity index is 257. The van der Waals surface area contributed by atoms with Crippen molar-refractivity contribution < 1.29 is 4.79 Å². The van der Waals surface area contributed by atoms with Gasteiger partial charge in [0.25, 0.3) is 0 Å². The van der Waals surface area contributed by atoms with E-state index in [9.17, 15) is 4.79 Å². The molecule has 94 valence electrons. The van der Waals surface area contributed by atoms with Gasteiger partial charge in [0.2, 0.25) is 5.91 Å². The maximum absolute atomic E-state index is 12.1. The summed E-state index contributed by atoms with van der Waals surface area (Å²) in [5, 5.41) is 0. The van der Waals surface area contributed by atoms with Crippen LogP contribution >= 0.6 is 0 Å². The molecule has 16 heavy (non-hydrogen) atoms. The van der Waals surface area contributed by atoms with Crippen molar-refractivity contribution in [2.75, 3.05) is 6.54 Å². The summed E-state index contributed by atoms with van der Waals surface area (Å²) in [5.41, 5.74) is 6.12. The molecule has 3 heteroatoms. The first-order valence-corrected chi connectivity index (χ1v) is 6.28. The molecule has 0 radical (unpaired) electrons. The molecule has 2 N–H and O–H groups in total. The summed E-state index contributed by atoms with van der Waals surface area (Å²) in [6, 6.07) is 0.369. The minimum atomic E-state index is 0.161. The third-order valence-electron chi connectivity index (χ3n) is 4.09. The molecule has 1 aliphatic rings. The Balaban J connectivity index is 2.54. The van der Waals surface area contributed by atoms with Gasteiger partial charge in [-0.05, 0) is 24.7 Å². The molecule has 1 rings (SSSR count). The lowest BCUT2D eigenvalue weighted by atomic mass is 9.80. The van der Waals surface area contributed by atoms with Crippen molar-refractivity contribution >= 4 is 5.91 Å². The van der Waals surface area contributed by atoms with Crippen LogP contribution in [-0.2, 0) is 4.79 Å². The van der Waals surface area contributed by atoms with Crippen molar-refractivity contribution in [2.45, 2.75) is 59.5 Å². The molecule has 3 atom stereocenters. The van der Waals surface area contributed by atoms with Crippen molar-refractivity contribution in [3.63, 3.8) is 0 Å². The number of carbonyl (C=O) groups excluding carboxylic acids is 1. The number of nitrogens with zero attached hydrogens (tertiary/aromatic N) is 1. The Morgan fingerprint density at radius 3 is 2.44 bits per heavy atom. The van der Waals surface area contributed by atoms with Crippen LogP contribution in [0.25, 0.3) is 0 Å². The molecule has 0 aromatic rings. The standard InChI is InChI=1S/C13H26N2O/c1-9(13(3,4)5)8-12(16)15-7-6-11(14)10(15)2/h9-11H,6-8,14H2,1-5H3. The Morgan fingerprint density at radius 2 is 2.06 bits per heavy atom. The Morgan fingerprint density at radius 1 is 1.50 bits per heavy atom. The zero-order valence-corrected chi connectivity index (χ0v) is 11.3. The molecule has 3 nitrogen and oxygen atoms in total. The van der Waals surface area contributed by atoms with Gasteiger partial charge < -0.3 is 10.6 Å². The van der Waals surface area contributed by atoms with Gasteiger partial charge in [-0.25, -0.2) is 0 Å². The molecule has 0 bridgehead atoms. The molecule has 1 aliphatic heterocycles. The maximum atomic E-state index is 12.1. The Labute approximate surface area is 99.4 Å². The van der Waals surface area contributed by atoms with Crippen LogP contribution in [0.15, 0.2) is 0 Å². The third-order valence-corrected chi connectivity index (χ3v) is 4.09. The summed E-state index contributed by atoms with van der Waals surface area (Å²) in [6.45, 7) is 11.6. The minimum Gasteiger partial charge on any atom is -0.338 e. The summed E-state index contributed by atoms with van der Waals surface area (Å²) >= 11 is 0. The number of hydrogen-bond donors (Lipinski definition) is 1. The Hall–Kier alpha value is -0.570. The topological polar surface area (TPSA) is 46.3 Å². The number of carbonyl (C=O) groups is 1. The van der Waals surface area contributed by atoms with Gasteiger partial charge >= 0.3 is 0 Å². The lowest BCUT2D eigenvalue weighted by Gasteiger charge is -2.30. The number of hydrogen-bond acceptors (Lipinski definition) is 2. The quantitative estimate of drug-likeness (QED) is 0.783. The van der Waals surface area contributed by atoms with Gasteiger partial charge in [-0.15, -0.1) is 0 Å². The summed E-state index contributed by atoms with van der Waals surface area (Å²) in [7, 11) is 0. The Kier molecular flexibility index (Phi) is 4.00. The third kappa shape index (κ3) is 2.97. The molecule has 0 saturated carbocycles. The van der Waals surface area contributed by atoms with Crippen molar-refractivity contribution in [1.29, 1.82) is 0 Å². The van der Waals surface area contributed by atoms with Crippen LogP contribution in [0.4, 0.5) is 0 Å². The molecule has 1 fully saturated rings. The number of amides is 1. The van der Waals surface area contributed by atoms with E-state index in [1.165, 1.54) is 0 Å². The van der Waals surface area contributed by atoms with Gasteiger partial charge in [-0.3, -0.25) is 4.79 Å². The summed E-state index contributed by atoms with van der Waals surface area (Å²) < 4.78 is 0. The van der Waals surface area contributed by atoms with Crippen LogP contribution in [-0.4, -0.2) is 29.4 Å². The second-order valence-electron chi connectivity index (χ2n) is 6.25. The van der Waals surface area contributed by atoms with E-state index in [1.54, 1.807) is 0 Å². The van der Waals surface area contributed by atoms with Crippen LogP contribution in [0.2, 0.25) is 0 Å². The first-order valence-electron chi connectivity index (χ1n) is 6.28. The number of nitrogens with two attached hydrogens (primary N) is 1. The number of likely N-dealkylation sites (tertiary alicyclic amines) is 1. The van der Waals surface area contributed by atoms with Crippen LogP contribution in [0.1, 0.15) is 47.5 Å². The normalized spacial score (nSPS) is 28.2. The molecule has 1 heterocycles. The van der Waals surface area contributed by atoms with Crippen molar-refractivity contribution in [1.82, 2.24) is 4.90 Å². The predicted molar refractivity (Wildman–Crippen MR) is 67.0 cm³/mol. The van der Waals surface area contributed by atoms with E-state index in [1.807, 2.05) is 4.90 Å². The highest BCUT2D eigenvalue weighted by molar-refractivity contribution is 5.77. The van der Waals surface area contributed by atoms with Gasteiger partial charge in [0.1, 0.15) is 0 Å². The van der Waals surface area contributed by atoms with Gasteiger partial charge in [-0.2, -0.15) is 0 Å². The molecule has 1 amide bonds. The first-order chi connectivity index (χ1) is 7.23. The molecule has 0 spiro atoms. The van der Waals surface area contributed by atoms with Crippen molar-refractivity contribution in [3.05, 3.63) is 0 Å². The molecule has 0 aliphatic carbocycles. The lowest BCUT2D eigenvalue weighted by Crippen LogP contribution is -2.41. The molecule has 0 aromatic carbocycles. The highest BCUT2D eigenvalue weighted by atomic mass is 16.2. The van der Waals surface area contributed by atoms with E-state index in [4.69, 9.17) is 5.73 Å². The predicted octanol–water partition coefficient (Wildman–Crippen LogP) is 2.01. The minimum absolute atomic E-state index is 0.161. The van der Waals surface area contributed by atoms with E-state index in [0.29, 0.717) is 12.3 Å². The summed E-state index contributed by atoms with van der Waals surface area (Å²) in [4.78, 5) is 14.1. The maximum Gasteiger partial charge on any atom is 0.223 e. The second kappa shape index (κ2) is 4.74. The van der Waals surface area contributed by atoms with E-state index in [-0.39, 0.29) is 23.4 Å². The first kappa shape index (κ1) is 13.5. The van der Waals surface area contributed by atoms with Crippen LogP contribution < -0.4 is 5.73 Å². The SMILES string of the molecule is CC1C(N)CCN1C(=O)CC(C)C(C)(C)C. The van der Waals surface area contributed by atoms with Gasteiger partial charge in [0.15, 0.2) is 0 Å². The molecule has 0 aromatic heterocycles. The zero-order chi connectivity index (χ0) is 12.5. The van der Waals surface area contributed by atoms with Gasteiger partial charge in [-0.1, -0.05) is 27.7 Å². The number of rotatable bonds is 2. The van der Waals surface area contributed by atoms with Gasteiger partial charge in [0.05, 0.1) is 0 Å². The second-order valence-corrected chi connectivity index (χ2v) is 6.25. The smallest absolute Gasteiger partial charge is 0.223 e. The largest absolute Gasteiger partial charge is 0.338 e. The highest BCUT2D eigenvalue weighted by Crippen LogP contribution is 2.29. The fourth-order valence-corrected chi connectivity index (χ4v) is 2.00. The average molecular weight is 226 g/mol. The van der Waals surface area contributed by atoms with Crippen LogP contribution in [0.3, 0.4) is 0 Å². The van der Waals surface area contributed by atoms with E-state index in [2.05, 4.69) is 34.6 Å². The summed E-state index contributed by atoms with van der Waals surface area (Å²) in [6.07, 6.45) is 1.58.